The molecule has 0 fully saturated rings. The van der Waals surface area contributed by atoms with Gasteiger partial charge in [0.05, 0.1) is 31.2 Å². The van der Waals surface area contributed by atoms with Crippen molar-refractivity contribution in [3.63, 3.8) is 0 Å². The van der Waals surface area contributed by atoms with E-state index < -0.39 is 23.3 Å². The molecule has 0 saturated carbocycles. The van der Waals surface area contributed by atoms with Crippen LogP contribution < -0.4 is 20.3 Å². The molecule has 3 rings (SSSR count). The normalized spacial score (nSPS) is 10.5. The number of aromatic nitrogens is 2. The van der Waals surface area contributed by atoms with Crippen molar-refractivity contribution in [3.8, 4) is 17.2 Å². The molecule has 10 heteroatoms. The van der Waals surface area contributed by atoms with E-state index in [0.717, 1.165) is 22.9 Å². The molecule has 0 unspecified atom stereocenters. The third kappa shape index (κ3) is 5.58. The van der Waals surface area contributed by atoms with Gasteiger partial charge in [-0.2, -0.15) is 9.78 Å². The summed E-state index contributed by atoms with van der Waals surface area (Å²) in [4.78, 5) is 38.2. The van der Waals surface area contributed by atoms with Crippen molar-refractivity contribution < 1.29 is 28.2 Å². The second-order valence-corrected chi connectivity index (χ2v) is 6.84. The second-order valence-electron chi connectivity index (χ2n) is 6.84. The van der Waals surface area contributed by atoms with Crippen LogP contribution in [0.1, 0.15) is 41.6 Å². The number of esters is 1. The molecule has 0 aliphatic rings. The van der Waals surface area contributed by atoms with Crippen LogP contribution >= 0.6 is 0 Å². The topological polar surface area (TPSA) is 109 Å². The Morgan fingerprint density at radius 3 is 2.26 bits per heavy atom. The quantitative estimate of drug-likeness (QED) is 0.477. The highest BCUT2D eigenvalue weighted by Crippen LogP contribution is 2.29. The Bertz CT molecular complexity index is 1240. The van der Waals surface area contributed by atoms with E-state index >= 15 is 0 Å². The van der Waals surface area contributed by atoms with E-state index in [0.29, 0.717) is 24.7 Å². The van der Waals surface area contributed by atoms with Gasteiger partial charge in [0.1, 0.15) is 5.82 Å². The first-order valence-corrected chi connectivity index (χ1v) is 10.7. The zero-order valence-electron chi connectivity index (χ0n) is 19.0. The number of carbonyl (C=O) groups is 2. The van der Waals surface area contributed by atoms with Crippen molar-refractivity contribution in [3.05, 3.63) is 76.0 Å². The first-order chi connectivity index (χ1) is 16.4. The number of nitrogens with zero attached hydrogens (tertiary/aromatic N) is 2. The van der Waals surface area contributed by atoms with Gasteiger partial charge in [0.25, 0.3) is 11.5 Å². The average molecular weight is 469 g/mol. The van der Waals surface area contributed by atoms with Gasteiger partial charge in [-0.05, 0) is 63.2 Å². The lowest BCUT2D eigenvalue weighted by Gasteiger charge is -2.14. The van der Waals surface area contributed by atoms with Crippen LogP contribution in [0, 0.1) is 5.82 Å². The molecule has 1 heterocycles. The van der Waals surface area contributed by atoms with E-state index in [1.54, 1.807) is 19.9 Å². The number of rotatable bonds is 9. The lowest BCUT2D eigenvalue weighted by Crippen LogP contribution is -2.27. The minimum atomic E-state index is -0.838. The van der Waals surface area contributed by atoms with Gasteiger partial charge in [-0.25, -0.2) is 9.18 Å². The van der Waals surface area contributed by atoms with Crippen molar-refractivity contribution in [1.82, 2.24) is 9.78 Å². The molecular formula is C24H24FN3O6. The molecular weight excluding hydrogens is 445 g/mol. The van der Waals surface area contributed by atoms with Gasteiger partial charge >= 0.3 is 5.97 Å². The van der Waals surface area contributed by atoms with E-state index in [4.69, 9.17) is 14.2 Å². The number of nitrogens with one attached hydrogen (secondary N) is 1. The van der Waals surface area contributed by atoms with E-state index in [2.05, 4.69) is 10.4 Å². The largest absolute Gasteiger partial charge is 0.490 e. The van der Waals surface area contributed by atoms with E-state index in [1.165, 1.54) is 24.3 Å². The van der Waals surface area contributed by atoms with Gasteiger partial charge in [-0.1, -0.05) is 0 Å². The zero-order valence-corrected chi connectivity index (χ0v) is 19.0. The van der Waals surface area contributed by atoms with Crippen LogP contribution in [0.3, 0.4) is 0 Å². The van der Waals surface area contributed by atoms with Crippen LogP contribution in [-0.2, 0) is 4.74 Å². The molecule has 34 heavy (non-hydrogen) atoms. The van der Waals surface area contributed by atoms with Crippen LogP contribution in [0.2, 0.25) is 0 Å². The van der Waals surface area contributed by atoms with Crippen LogP contribution in [0.25, 0.3) is 5.69 Å². The number of carbonyl (C=O) groups excluding carboxylic acids is 2. The third-order valence-corrected chi connectivity index (χ3v) is 4.53. The number of benzene rings is 2. The molecule has 2 aromatic carbocycles. The van der Waals surface area contributed by atoms with Gasteiger partial charge in [0.2, 0.25) is 0 Å². The smallest absolute Gasteiger partial charge is 0.360 e. The van der Waals surface area contributed by atoms with Crippen LogP contribution in [-0.4, -0.2) is 41.5 Å². The summed E-state index contributed by atoms with van der Waals surface area (Å²) in [6, 6.07) is 10.7. The number of hydrogen-bond donors (Lipinski definition) is 1. The van der Waals surface area contributed by atoms with Crippen molar-refractivity contribution >= 4 is 17.6 Å². The van der Waals surface area contributed by atoms with E-state index in [-0.39, 0.29) is 29.2 Å². The van der Waals surface area contributed by atoms with Gasteiger partial charge in [-0.3, -0.25) is 9.59 Å². The predicted octanol–water partition coefficient (Wildman–Crippen LogP) is 3.60. The second kappa shape index (κ2) is 11.1. The molecule has 0 saturated heterocycles. The molecule has 1 N–H and O–H groups in total. The van der Waals surface area contributed by atoms with Crippen molar-refractivity contribution in [1.29, 1.82) is 0 Å². The monoisotopic (exact) mass is 469 g/mol. The summed E-state index contributed by atoms with van der Waals surface area (Å²) in [5.41, 5.74) is -0.600. The first-order valence-electron chi connectivity index (χ1n) is 10.7. The van der Waals surface area contributed by atoms with Gasteiger partial charge in [0.15, 0.2) is 17.2 Å². The Hall–Kier alpha value is -4.21. The molecule has 0 bridgehead atoms. The summed E-state index contributed by atoms with van der Waals surface area (Å²) in [7, 11) is 0. The highest BCUT2D eigenvalue weighted by atomic mass is 19.1. The molecule has 0 aliphatic carbocycles. The minimum absolute atomic E-state index is 0.0557. The summed E-state index contributed by atoms with van der Waals surface area (Å²) in [6.45, 7) is 6.08. The number of anilines is 1. The van der Waals surface area contributed by atoms with E-state index in [9.17, 15) is 18.8 Å². The fourth-order valence-corrected chi connectivity index (χ4v) is 3.06. The maximum atomic E-state index is 13.3. The number of ether oxygens (including phenoxy) is 3. The first kappa shape index (κ1) is 24.4. The summed E-state index contributed by atoms with van der Waals surface area (Å²) >= 11 is 0. The fourth-order valence-electron chi connectivity index (χ4n) is 3.06. The molecule has 178 valence electrons. The van der Waals surface area contributed by atoms with E-state index in [1.807, 2.05) is 6.92 Å². The maximum absolute atomic E-state index is 13.3. The maximum Gasteiger partial charge on any atom is 0.360 e. The number of hydrogen-bond acceptors (Lipinski definition) is 7. The lowest BCUT2D eigenvalue weighted by atomic mass is 10.1. The molecule has 0 atom stereocenters. The lowest BCUT2D eigenvalue weighted by molar-refractivity contribution is 0.0518. The van der Waals surface area contributed by atoms with Gasteiger partial charge in [-0.15, -0.1) is 0 Å². The minimum Gasteiger partial charge on any atom is -0.490 e. The number of amides is 1. The molecule has 0 radical (unpaired) electrons. The number of halogens is 1. The predicted molar refractivity (Wildman–Crippen MR) is 122 cm³/mol. The molecule has 9 nitrogen and oxygen atoms in total. The molecule has 3 aromatic rings. The molecule has 1 amide bonds. The Morgan fingerprint density at radius 2 is 1.62 bits per heavy atom. The van der Waals surface area contributed by atoms with Gasteiger partial charge in [0, 0.05) is 11.6 Å². The SMILES string of the molecule is CCOC(=O)c1nn(-c2ccc(F)cc2)c(=O)cc1NC(=O)c1ccc(OCC)c(OCC)c1. The van der Waals surface area contributed by atoms with Crippen molar-refractivity contribution in [2.24, 2.45) is 0 Å². The Balaban J connectivity index is 2.00. The van der Waals surface area contributed by atoms with Crippen LogP contribution in [0.5, 0.6) is 11.5 Å². The molecule has 0 aliphatic heterocycles. The summed E-state index contributed by atoms with van der Waals surface area (Å²) in [5.74, 6) is -1.07. The summed E-state index contributed by atoms with van der Waals surface area (Å²) < 4.78 is 30.3. The standard InChI is InChI=1S/C24H24FN3O6/c1-4-32-19-12-7-15(13-20(19)33-5-2)23(30)26-18-14-21(29)28(17-10-8-16(25)9-11-17)27-22(18)24(31)34-6-3/h7-14H,4-6H2,1-3H3,(H,26,30). The highest BCUT2D eigenvalue weighted by Gasteiger charge is 2.21. The average Bonchev–Trinajstić information content (AvgIpc) is 2.81. The van der Waals surface area contributed by atoms with Crippen molar-refractivity contribution in [2.45, 2.75) is 20.8 Å². The summed E-state index contributed by atoms with van der Waals surface area (Å²) in [6.07, 6.45) is 0. The Morgan fingerprint density at radius 1 is 0.941 bits per heavy atom. The van der Waals surface area contributed by atoms with Crippen LogP contribution in [0.15, 0.2) is 53.3 Å². The van der Waals surface area contributed by atoms with Crippen molar-refractivity contribution in [2.75, 3.05) is 25.1 Å². The Kier molecular flexibility index (Phi) is 7.96. The molecule has 1 aromatic heterocycles. The highest BCUT2D eigenvalue weighted by molar-refractivity contribution is 6.07. The third-order valence-electron chi connectivity index (χ3n) is 4.53. The summed E-state index contributed by atoms with van der Waals surface area (Å²) in [5, 5.41) is 6.61. The Labute approximate surface area is 195 Å². The van der Waals surface area contributed by atoms with Crippen LogP contribution in [0.4, 0.5) is 10.1 Å². The fraction of sp³-hybridized carbons (Fsp3) is 0.250. The zero-order chi connectivity index (χ0) is 24.7. The molecule has 0 spiro atoms. The van der Waals surface area contributed by atoms with Gasteiger partial charge < -0.3 is 19.5 Å².